The molecule has 0 bridgehead atoms. The van der Waals surface area contributed by atoms with Crippen LogP contribution in [0, 0.1) is 5.92 Å². The van der Waals surface area contributed by atoms with E-state index < -0.39 is 11.5 Å². The van der Waals surface area contributed by atoms with Crippen LogP contribution in [0.4, 0.5) is 11.8 Å². The number of allylic oxidation sites excluding steroid dienone is 2. The summed E-state index contributed by atoms with van der Waals surface area (Å²) in [5.41, 5.74) is 5.97. The highest BCUT2D eigenvalue weighted by atomic mass is 35.5. The Balaban J connectivity index is 1.96. The number of hydrogen-bond donors (Lipinski definition) is 3. The second-order valence-electron chi connectivity index (χ2n) is 5.91. The van der Waals surface area contributed by atoms with Gasteiger partial charge in [0.1, 0.15) is 16.4 Å². The molecular formula is C16H20ClN5O3. The van der Waals surface area contributed by atoms with Crippen LogP contribution in [0.25, 0.3) is 0 Å². The van der Waals surface area contributed by atoms with Gasteiger partial charge in [0.05, 0.1) is 25.1 Å². The quantitative estimate of drug-likeness (QED) is 0.696. The van der Waals surface area contributed by atoms with Crippen LogP contribution in [0.1, 0.15) is 6.42 Å². The lowest BCUT2D eigenvalue weighted by molar-refractivity contribution is -0.145. The van der Waals surface area contributed by atoms with Crippen molar-refractivity contribution in [1.29, 1.82) is 0 Å². The van der Waals surface area contributed by atoms with Gasteiger partial charge in [-0.25, -0.2) is 4.98 Å². The number of nitrogens with zero attached hydrogens (tertiary/aromatic N) is 2. The molecule has 9 heteroatoms. The molecule has 3 rings (SSSR count). The molecule has 2 aliphatic rings. The maximum Gasteiger partial charge on any atom is 0.244 e. The maximum absolute atomic E-state index is 11.6. The van der Waals surface area contributed by atoms with Gasteiger partial charge in [0, 0.05) is 32.1 Å². The highest BCUT2D eigenvalue weighted by molar-refractivity contribution is 6.32. The summed E-state index contributed by atoms with van der Waals surface area (Å²) in [6.07, 6.45) is 5.34. The third-order valence-corrected chi connectivity index (χ3v) is 4.84. The molecule has 134 valence electrons. The van der Waals surface area contributed by atoms with Crippen molar-refractivity contribution in [2.45, 2.75) is 12.0 Å². The van der Waals surface area contributed by atoms with Crippen LogP contribution >= 0.6 is 11.6 Å². The number of nitrogens with one attached hydrogen (secondary N) is 2. The summed E-state index contributed by atoms with van der Waals surface area (Å²) in [4.78, 5) is 20.2. The molecule has 1 saturated heterocycles. The van der Waals surface area contributed by atoms with Crippen molar-refractivity contribution in [2.24, 2.45) is 11.7 Å². The van der Waals surface area contributed by atoms with Crippen molar-refractivity contribution in [3.8, 4) is 0 Å². The number of ether oxygens (including phenoxy) is 2. The Labute approximate surface area is 150 Å². The summed E-state index contributed by atoms with van der Waals surface area (Å²) >= 11 is 6.03. The molecule has 25 heavy (non-hydrogen) atoms. The second-order valence-corrected chi connectivity index (χ2v) is 6.31. The number of nitrogens with two attached hydrogens (primary N) is 1. The van der Waals surface area contributed by atoms with Crippen molar-refractivity contribution >= 4 is 29.3 Å². The van der Waals surface area contributed by atoms with Crippen LogP contribution in [0.5, 0.6) is 0 Å². The number of aromatic nitrogens is 2. The molecule has 8 nitrogen and oxygen atoms in total. The summed E-state index contributed by atoms with van der Waals surface area (Å²) in [7, 11) is 3.34. The van der Waals surface area contributed by atoms with E-state index in [-0.39, 0.29) is 5.92 Å². The third-order valence-electron chi connectivity index (χ3n) is 4.57. The molecule has 2 heterocycles. The molecule has 1 unspecified atom stereocenters. The third kappa shape index (κ3) is 3.20. The minimum absolute atomic E-state index is 0.0929. The molecule has 0 saturated carbocycles. The first-order valence-electron chi connectivity index (χ1n) is 7.81. The Hall–Kier alpha value is -2.16. The summed E-state index contributed by atoms with van der Waals surface area (Å²) in [5, 5.41) is 6.53. The fraction of sp³-hybridized carbons (Fsp3) is 0.438. The van der Waals surface area contributed by atoms with Crippen molar-refractivity contribution < 1.29 is 14.3 Å². The Morgan fingerprint density at radius 1 is 1.48 bits per heavy atom. The lowest BCUT2D eigenvalue weighted by Crippen LogP contribution is -2.54. The van der Waals surface area contributed by atoms with E-state index in [0.717, 1.165) is 5.70 Å². The number of hydrogen-bond acceptors (Lipinski definition) is 7. The fourth-order valence-electron chi connectivity index (χ4n) is 3.02. The van der Waals surface area contributed by atoms with Crippen LogP contribution in [0.3, 0.4) is 0 Å². The maximum atomic E-state index is 11.6. The molecule has 1 atom stereocenters. The average Bonchev–Trinajstić information content (AvgIpc) is 2.56. The van der Waals surface area contributed by atoms with Crippen molar-refractivity contribution in [1.82, 2.24) is 9.97 Å². The molecule has 1 aliphatic carbocycles. The van der Waals surface area contributed by atoms with Gasteiger partial charge in [0.15, 0.2) is 0 Å². The van der Waals surface area contributed by atoms with Crippen LogP contribution in [0.2, 0.25) is 5.02 Å². The van der Waals surface area contributed by atoms with E-state index >= 15 is 0 Å². The van der Waals surface area contributed by atoms with Crippen molar-refractivity contribution in [2.75, 3.05) is 38.0 Å². The standard InChI is InChI=1S/C16H20ClN5O3/c1-19-14-11(17)6-20-15(22-14)21-12-4-3-9(13(18)23)5-16(12,24-2)10-7-25-8-10/h3-4,6,10H,5,7-8H2,1-2H3,(H2,18,23)(H2,19,20,21,22). The highest BCUT2D eigenvalue weighted by Crippen LogP contribution is 2.42. The molecule has 1 amide bonds. The van der Waals surface area contributed by atoms with Gasteiger partial charge in [0.25, 0.3) is 0 Å². The number of anilines is 2. The molecule has 1 aromatic heterocycles. The lowest BCUT2D eigenvalue weighted by Gasteiger charge is -2.46. The van der Waals surface area contributed by atoms with E-state index in [2.05, 4.69) is 20.6 Å². The van der Waals surface area contributed by atoms with E-state index in [0.29, 0.717) is 42.0 Å². The predicted molar refractivity (Wildman–Crippen MR) is 94.2 cm³/mol. The minimum atomic E-state index is -0.750. The SMILES string of the molecule is CNc1nc(NC2=CC=C(C(N)=O)CC2(OC)C2COC2)ncc1Cl. The topological polar surface area (TPSA) is 111 Å². The number of halogens is 1. The van der Waals surface area contributed by atoms with Crippen LogP contribution < -0.4 is 16.4 Å². The largest absolute Gasteiger partial charge is 0.380 e. The number of amides is 1. The first-order valence-corrected chi connectivity index (χ1v) is 8.19. The van der Waals surface area contributed by atoms with Crippen LogP contribution in [0.15, 0.2) is 29.6 Å². The van der Waals surface area contributed by atoms with E-state index in [1.54, 1.807) is 26.3 Å². The monoisotopic (exact) mass is 365 g/mol. The number of carbonyl (C=O) groups excluding carboxylic acids is 1. The number of primary amides is 1. The lowest BCUT2D eigenvalue weighted by atomic mass is 9.75. The highest BCUT2D eigenvalue weighted by Gasteiger charge is 2.48. The van der Waals surface area contributed by atoms with Gasteiger partial charge in [-0.3, -0.25) is 4.79 Å². The summed E-state index contributed by atoms with van der Waals surface area (Å²) in [5.74, 6) is 0.518. The Morgan fingerprint density at radius 2 is 2.24 bits per heavy atom. The molecule has 1 fully saturated rings. The molecule has 1 aliphatic heterocycles. The number of carbonyl (C=O) groups is 1. The van der Waals surface area contributed by atoms with Crippen molar-refractivity contribution in [3.05, 3.63) is 34.6 Å². The van der Waals surface area contributed by atoms with Gasteiger partial charge in [-0.05, 0) is 6.08 Å². The normalized spacial score (nSPS) is 23.3. The van der Waals surface area contributed by atoms with Gasteiger partial charge in [-0.1, -0.05) is 17.7 Å². The zero-order valence-corrected chi connectivity index (χ0v) is 14.8. The zero-order valence-electron chi connectivity index (χ0n) is 14.0. The van der Waals surface area contributed by atoms with Gasteiger partial charge in [-0.2, -0.15) is 4.98 Å². The summed E-state index contributed by atoms with van der Waals surface area (Å²) < 4.78 is 11.2. The van der Waals surface area contributed by atoms with E-state index in [9.17, 15) is 4.79 Å². The predicted octanol–water partition coefficient (Wildman–Crippen LogP) is 1.31. The average molecular weight is 366 g/mol. The Bertz CT molecular complexity index is 747. The first-order chi connectivity index (χ1) is 12.0. The number of methoxy groups -OCH3 is 1. The van der Waals surface area contributed by atoms with Gasteiger partial charge in [-0.15, -0.1) is 0 Å². The molecular weight excluding hydrogens is 346 g/mol. The number of rotatable bonds is 6. The van der Waals surface area contributed by atoms with Crippen molar-refractivity contribution in [3.63, 3.8) is 0 Å². The fourth-order valence-corrected chi connectivity index (χ4v) is 3.21. The smallest absolute Gasteiger partial charge is 0.244 e. The second kappa shape index (κ2) is 6.99. The van der Waals surface area contributed by atoms with E-state index in [1.807, 2.05) is 0 Å². The van der Waals surface area contributed by atoms with Crippen LogP contribution in [-0.2, 0) is 14.3 Å². The molecule has 1 aromatic rings. The Kier molecular flexibility index (Phi) is 4.94. The van der Waals surface area contributed by atoms with Gasteiger partial charge in [0.2, 0.25) is 11.9 Å². The molecule has 0 aromatic carbocycles. The van der Waals surface area contributed by atoms with E-state index in [4.69, 9.17) is 26.8 Å². The Morgan fingerprint density at radius 3 is 2.80 bits per heavy atom. The van der Waals surface area contributed by atoms with E-state index in [1.165, 1.54) is 6.20 Å². The van der Waals surface area contributed by atoms with Crippen LogP contribution in [-0.4, -0.2) is 48.8 Å². The summed E-state index contributed by atoms with van der Waals surface area (Å²) in [6.45, 7) is 1.09. The van der Waals surface area contributed by atoms with Gasteiger partial charge >= 0.3 is 0 Å². The first kappa shape index (κ1) is 17.7. The van der Waals surface area contributed by atoms with Gasteiger partial charge < -0.3 is 25.8 Å². The zero-order chi connectivity index (χ0) is 18.0. The summed E-state index contributed by atoms with van der Waals surface area (Å²) in [6, 6.07) is 0. The molecule has 0 spiro atoms. The molecule has 0 radical (unpaired) electrons. The molecule has 4 N–H and O–H groups in total. The minimum Gasteiger partial charge on any atom is -0.380 e.